The van der Waals surface area contributed by atoms with E-state index >= 15 is 0 Å². The van der Waals surface area contributed by atoms with E-state index in [2.05, 4.69) is 15.1 Å². The van der Waals surface area contributed by atoms with Crippen molar-refractivity contribution >= 4 is 29.0 Å². The molecule has 6 N–H and O–H groups in total. The average molecular weight is 263 g/mol. The van der Waals surface area contributed by atoms with Gasteiger partial charge >= 0.3 is 5.76 Å². The molecule has 0 bridgehead atoms. The lowest BCUT2D eigenvalue weighted by Gasteiger charge is -2.07. The van der Waals surface area contributed by atoms with Gasteiger partial charge in [0.15, 0.2) is 5.82 Å². The quantitative estimate of drug-likeness (QED) is 0.595. The molecule has 100 valence electrons. The van der Waals surface area contributed by atoms with Gasteiger partial charge in [-0.1, -0.05) is 0 Å². The Labute approximate surface area is 108 Å². The van der Waals surface area contributed by atoms with Gasteiger partial charge in [0.25, 0.3) is 0 Å². The lowest BCUT2D eigenvalue weighted by Crippen LogP contribution is -2.23. The molecule has 8 heteroatoms. The summed E-state index contributed by atoms with van der Waals surface area (Å²) in [5.74, 6) is 4.61. The van der Waals surface area contributed by atoms with Crippen molar-refractivity contribution in [3.63, 3.8) is 0 Å². The molecule has 1 aromatic carbocycles. The molecule has 1 aromatic heterocycles. The second-order valence-corrected chi connectivity index (χ2v) is 3.83. The largest absolute Gasteiger partial charge is 0.441 e. The molecule has 0 radical (unpaired) electrons. The number of nitrogens with zero attached hydrogens (tertiary/aromatic N) is 1. The van der Waals surface area contributed by atoms with Gasteiger partial charge in [0.05, 0.1) is 0 Å². The fraction of sp³-hybridized carbons (Fsp3) is 0.0909. The molecule has 2 rings (SSSR count). The van der Waals surface area contributed by atoms with Crippen molar-refractivity contribution in [2.45, 2.75) is 6.92 Å². The van der Waals surface area contributed by atoms with E-state index in [-0.39, 0.29) is 17.6 Å². The van der Waals surface area contributed by atoms with Crippen LogP contribution in [0.25, 0.3) is 0 Å². The highest BCUT2D eigenvalue weighted by Crippen LogP contribution is 2.21. The zero-order valence-electron chi connectivity index (χ0n) is 10.1. The molecule has 0 spiro atoms. The van der Waals surface area contributed by atoms with Gasteiger partial charge in [-0.05, 0) is 24.3 Å². The predicted molar refractivity (Wildman–Crippen MR) is 71.6 cm³/mol. The first-order chi connectivity index (χ1) is 8.97. The van der Waals surface area contributed by atoms with Gasteiger partial charge in [0.1, 0.15) is 0 Å². The van der Waals surface area contributed by atoms with Crippen LogP contribution in [-0.4, -0.2) is 10.6 Å². The van der Waals surface area contributed by atoms with Gasteiger partial charge in [-0.25, -0.2) is 4.79 Å². The summed E-state index contributed by atoms with van der Waals surface area (Å²) in [5, 5.41) is 5.48. The van der Waals surface area contributed by atoms with Crippen molar-refractivity contribution < 1.29 is 9.21 Å². The second kappa shape index (κ2) is 4.77. The van der Waals surface area contributed by atoms with E-state index in [9.17, 15) is 9.59 Å². The number of anilines is 4. The number of nitrogens with one attached hydrogen (secondary N) is 2. The molecule has 0 unspecified atom stereocenters. The van der Waals surface area contributed by atoms with Crippen LogP contribution in [0.1, 0.15) is 6.92 Å². The first-order valence-corrected chi connectivity index (χ1v) is 5.38. The molecule has 2 aromatic rings. The number of nitrogens with two attached hydrogens (primary N) is 2. The zero-order chi connectivity index (χ0) is 14.0. The first kappa shape index (κ1) is 12.6. The number of aromatic nitrogens is 1. The molecule has 0 atom stereocenters. The molecule has 1 amide bonds. The second-order valence-electron chi connectivity index (χ2n) is 3.83. The van der Waals surface area contributed by atoms with Crippen LogP contribution in [0.5, 0.6) is 0 Å². The summed E-state index contributed by atoms with van der Waals surface area (Å²) in [6.07, 6.45) is 0. The van der Waals surface area contributed by atoms with Crippen molar-refractivity contribution in [1.82, 2.24) is 4.68 Å². The molecular formula is C11H13N5O3. The molecule has 0 aliphatic heterocycles. The van der Waals surface area contributed by atoms with Gasteiger partial charge in [-0.15, -0.1) is 0 Å². The highest BCUT2D eigenvalue weighted by Gasteiger charge is 2.11. The van der Waals surface area contributed by atoms with Crippen LogP contribution in [0.3, 0.4) is 0 Å². The number of rotatable bonds is 3. The maximum Gasteiger partial charge on any atom is 0.441 e. The normalized spacial score (nSPS) is 10.2. The summed E-state index contributed by atoms with van der Waals surface area (Å²) in [5.41, 5.74) is 6.79. The van der Waals surface area contributed by atoms with Crippen molar-refractivity contribution in [3.05, 3.63) is 34.8 Å². The van der Waals surface area contributed by atoms with Crippen LogP contribution in [0.2, 0.25) is 0 Å². The molecule has 19 heavy (non-hydrogen) atoms. The molecule has 8 nitrogen and oxygen atoms in total. The Bertz CT molecular complexity index is 656. The van der Waals surface area contributed by atoms with E-state index in [0.29, 0.717) is 11.4 Å². The van der Waals surface area contributed by atoms with Gasteiger partial charge in [0.2, 0.25) is 11.8 Å². The van der Waals surface area contributed by atoms with Crippen LogP contribution in [0.4, 0.5) is 23.1 Å². The number of hydrogen-bond acceptors (Lipinski definition) is 6. The van der Waals surface area contributed by atoms with Gasteiger partial charge < -0.3 is 26.6 Å². The lowest BCUT2D eigenvalue weighted by molar-refractivity contribution is -0.114. The van der Waals surface area contributed by atoms with E-state index in [1.807, 2.05) is 0 Å². The van der Waals surface area contributed by atoms with Crippen molar-refractivity contribution in [2.24, 2.45) is 0 Å². The number of carbonyl (C=O) groups excluding carboxylic acids is 1. The summed E-state index contributed by atoms with van der Waals surface area (Å²) in [4.78, 5) is 22.0. The third kappa shape index (κ3) is 2.68. The highest BCUT2D eigenvalue weighted by molar-refractivity contribution is 5.88. The number of carbonyl (C=O) groups is 1. The predicted octanol–water partition coefficient (Wildman–Crippen LogP) is 0.439. The summed E-state index contributed by atoms with van der Waals surface area (Å²) in [6.45, 7) is 1.42. The average Bonchev–Trinajstić information content (AvgIpc) is 2.58. The van der Waals surface area contributed by atoms with Crippen molar-refractivity contribution in [2.75, 3.05) is 22.2 Å². The Balaban J connectivity index is 2.20. The fourth-order valence-corrected chi connectivity index (χ4v) is 1.50. The fourth-order valence-electron chi connectivity index (χ4n) is 1.50. The van der Waals surface area contributed by atoms with E-state index in [0.717, 1.165) is 4.68 Å². The number of nitrogen functional groups attached to an aromatic ring is 2. The number of amides is 1. The molecular weight excluding hydrogens is 250 g/mol. The third-order valence-electron chi connectivity index (χ3n) is 2.34. The summed E-state index contributed by atoms with van der Waals surface area (Å²) < 4.78 is 5.41. The zero-order valence-corrected chi connectivity index (χ0v) is 10.1. The van der Waals surface area contributed by atoms with Crippen LogP contribution in [-0.2, 0) is 4.79 Å². The molecule has 0 saturated heterocycles. The minimum atomic E-state index is -0.755. The Kier molecular flexibility index (Phi) is 3.15. The minimum absolute atomic E-state index is 0.0987. The van der Waals surface area contributed by atoms with E-state index in [1.54, 1.807) is 24.3 Å². The summed E-state index contributed by atoms with van der Waals surface area (Å²) in [7, 11) is 0. The minimum Gasteiger partial charge on any atom is -0.388 e. The topological polar surface area (TPSA) is 128 Å². The monoisotopic (exact) mass is 263 g/mol. The van der Waals surface area contributed by atoms with Crippen molar-refractivity contribution in [1.29, 1.82) is 0 Å². The number of hydrogen-bond donors (Lipinski definition) is 4. The molecule has 1 heterocycles. The third-order valence-corrected chi connectivity index (χ3v) is 2.34. The van der Waals surface area contributed by atoms with E-state index < -0.39 is 5.76 Å². The first-order valence-electron chi connectivity index (χ1n) is 5.38. The molecule has 0 aliphatic carbocycles. The highest BCUT2D eigenvalue weighted by atomic mass is 16.4. The summed E-state index contributed by atoms with van der Waals surface area (Å²) in [6, 6.07) is 6.78. The van der Waals surface area contributed by atoms with Crippen LogP contribution < -0.4 is 28.0 Å². The van der Waals surface area contributed by atoms with Crippen LogP contribution in [0, 0.1) is 0 Å². The Morgan fingerprint density at radius 1 is 1.26 bits per heavy atom. The van der Waals surface area contributed by atoms with Gasteiger partial charge in [-0.3, -0.25) is 4.79 Å². The SMILES string of the molecule is CC(=O)Nc1ccc(Nc2c(N)oc(=O)n2N)cc1. The van der Waals surface area contributed by atoms with Crippen LogP contribution in [0.15, 0.2) is 33.5 Å². The maximum atomic E-state index is 11.1. The Morgan fingerprint density at radius 3 is 2.32 bits per heavy atom. The summed E-state index contributed by atoms with van der Waals surface area (Å²) >= 11 is 0. The van der Waals surface area contributed by atoms with Gasteiger partial charge in [-0.2, -0.15) is 4.68 Å². The number of benzene rings is 1. The molecule has 0 fully saturated rings. The van der Waals surface area contributed by atoms with E-state index in [4.69, 9.17) is 11.6 Å². The Hall–Kier alpha value is -2.90. The van der Waals surface area contributed by atoms with E-state index in [1.165, 1.54) is 6.92 Å². The molecule has 0 saturated carbocycles. The molecule has 0 aliphatic rings. The Morgan fingerprint density at radius 2 is 1.84 bits per heavy atom. The number of oxazole rings is 1. The van der Waals surface area contributed by atoms with Gasteiger partial charge in [0, 0.05) is 18.3 Å². The van der Waals surface area contributed by atoms with Crippen molar-refractivity contribution in [3.8, 4) is 0 Å². The standard InChI is InChI=1S/C11H13N5O3/c1-6(17)14-7-2-4-8(5-3-7)15-10-9(12)19-11(18)16(10)13/h2-5,15H,12-13H2,1H3,(H,14,17). The lowest BCUT2D eigenvalue weighted by atomic mass is 10.3. The smallest absolute Gasteiger partial charge is 0.388 e. The van der Waals surface area contributed by atoms with Crippen LogP contribution >= 0.6 is 0 Å². The maximum absolute atomic E-state index is 11.1.